The number of thiophene rings is 1. The Balaban J connectivity index is 1.30. The van der Waals surface area contributed by atoms with Gasteiger partial charge in [-0.1, -0.05) is 25.1 Å². The number of nitrogens with zero attached hydrogens (tertiary/aromatic N) is 2. The number of ether oxygens (including phenoxy) is 2. The molecule has 40 heavy (non-hydrogen) atoms. The molecule has 0 spiro atoms. The zero-order valence-electron chi connectivity index (χ0n) is 22.4. The Bertz CT molecular complexity index is 1460. The molecule has 10 heteroatoms. The number of aliphatic hydroxyl groups is 3. The van der Waals surface area contributed by atoms with Crippen molar-refractivity contribution >= 4 is 39.3 Å². The van der Waals surface area contributed by atoms with E-state index in [2.05, 4.69) is 46.6 Å². The number of hydrogen-bond acceptors (Lipinski definition) is 9. The van der Waals surface area contributed by atoms with Crippen LogP contribution in [0, 0.1) is 17.2 Å². The number of amides is 1. The molecule has 4 N–H and O–H groups in total. The highest BCUT2D eigenvalue weighted by Gasteiger charge is 2.41. The molecule has 2 fully saturated rings. The van der Waals surface area contributed by atoms with Crippen LogP contribution >= 0.6 is 11.3 Å². The molecule has 5 atom stereocenters. The third kappa shape index (κ3) is 5.76. The van der Waals surface area contributed by atoms with Crippen LogP contribution in [0.15, 0.2) is 54.1 Å². The van der Waals surface area contributed by atoms with Gasteiger partial charge in [0.25, 0.3) is 5.91 Å². The molecular formula is C30H33N3O6S. The molecule has 5 rings (SSSR count). The molecule has 2 aliphatic heterocycles. The lowest BCUT2D eigenvalue weighted by molar-refractivity contribution is -0.258. The zero-order chi connectivity index (χ0) is 28.4. The Hall–Kier alpha value is -3.30. The maximum atomic E-state index is 12.9. The molecule has 3 aromatic rings. The van der Waals surface area contributed by atoms with Crippen LogP contribution in [-0.4, -0.2) is 78.7 Å². The second-order valence-corrected chi connectivity index (χ2v) is 11.3. The lowest BCUT2D eigenvalue weighted by atomic mass is 9.92. The highest BCUT2D eigenvalue weighted by Crippen LogP contribution is 2.35. The van der Waals surface area contributed by atoms with Gasteiger partial charge in [-0.3, -0.25) is 4.79 Å². The molecule has 0 aliphatic carbocycles. The number of benzene rings is 2. The van der Waals surface area contributed by atoms with Crippen LogP contribution in [-0.2, 0) is 14.3 Å². The third-order valence-electron chi connectivity index (χ3n) is 7.67. The van der Waals surface area contributed by atoms with E-state index < -0.39 is 36.4 Å². The first-order valence-electron chi connectivity index (χ1n) is 13.3. The average Bonchev–Trinajstić information content (AvgIpc) is 3.48. The molecule has 2 aromatic carbocycles. The van der Waals surface area contributed by atoms with Crippen LogP contribution in [0.25, 0.3) is 26.8 Å². The minimum atomic E-state index is -1.28. The number of fused-ring (bicyclic) bond motifs is 1. The second kappa shape index (κ2) is 12.1. The van der Waals surface area contributed by atoms with Crippen LogP contribution in [0.3, 0.4) is 0 Å². The van der Waals surface area contributed by atoms with Gasteiger partial charge in [-0.15, -0.1) is 11.3 Å². The predicted molar refractivity (Wildman–Crippen MR) is 154 cm³/mol. The Morgan fingerprint density at radius 1 is 1.07 bits per heavy atom. The number of nitrogens with one attached hydrogen (secondary N) is 1. The maximum absolute atomic E-state index is 12.9. The summed E-state index contributed by atoms with van der Waals surface area (Å²) in [6.07, 6.45) is -4.73. The van der Waals surface area contributed by atoms with Gasteiger partial charge in [-0.05, 0) is 59.2 Å². The van der Waals surface area contributed by atoms with Crippen molar-refractivity contribution in [2.45, 2.75) is 38.4 Å². The molecule has 0 radical (unpaired) electrons. The number of allylic oxidation sites excluding steroid dienone is 1. The van der Waals surface area contributed by atoms with E-state index in [1.807, 2.05) is 18.2 Å². The fourth-order valence-electron chi connectivity index (χ4n) is 5.06. The average molecular weight is 564 g/mol. The van der Waals surface area contributed by atoms with Crippen molar-refractivity contribution in [2.75, 3.05) is 37.7 Å². The van der Waals surface area contributed by atoms with Crippen LogP contribution in [0.1, 0.15) is 18.7 Å². The number of aliphatic hydroxyl groups excluding tert-OH is 3. The van der Waals surface area contributed by atoms with E-state index in [1.165, 1.54) is 17.0 Å². The van der Waals surface area contributed by atoms with Crippen LogP contribution in [0.2, 0.25) is 0 Å². The number of carbonyl (C=O) groups is 1. The minimum Gasteiger partial charge on any atom is -0.390 e. The van der Waals surface area contributed by atoms with E-state index >= 15 is 0 Å². The van der Waals surface area contributed by atoms with Gasteiger partial charge in [0, 0.05) is 41.0 Å². The Kier molecular flexibility index (Phi) is 8.51. The van der Waals surface area contributed by atoms with Crippen LogP contribution in [0.5, 0.6) is 0 Å². The summed E-state index contributed by atoms with van der Waals surface area (Å²) in [6.45, 7) is 6.38. The van der Waals surface area contributed by atoms with Gasteiger partial charge in [0.1, 0.15) is 23.9 Å². The summed E-state index contributed by atoms with van der Waals surface area (Å²) in [5, 5.41) is 44.9. The van der Waals surface area contributed by atoms with E-state index in [0.29, 0.717) is 5.57 Å². The molecule has 0 bridgehead atoms. The summed E-state index contributed by atoms with van der Waals surface area (Å²) >= 11 is 1.50. The van der Waals surface area contributed by atoms with Crippen molar-refractivity contribution in [3.63, 3.8) is 0 Å². The summed E-state index contributed by atoms with van der Waals surface area (Å²) < 4.78 is 10.8. The molecule has 3 heterocycles. The number of rotatable bonds is 6. The molecule has 1 unspecified atom stereocenters. The number of nitriles is 1. The summed E-state index contributed by atoms with van der Waals surface area (Å²) in [7, 11) is 0. The van der Waals surface area contributed by atoms with Crippen LogP contribution < -0.4 is 10.2 Å². The Labute approximate surface area is 236 Å². The van der Waals surface area contributed by atoms with Gasteiger partial charge in [0.15, 0.2) is 6.29 Å². The number of anilines is 1. The van der Waals surface area contributed by atoms with E-state index in [9.17, 15) is 25.4 Å². The van der Waals surface area contributed by atoms with Crippen molar-refractivity contribution < 1.29 is 29.6 Å². The molecular weight excluding hydrogens is 530 g/mol. The topological polar surface area (TPSA) is 135 Å². The molecule has 1 amide bonds. The maximum Gasteiger partial charge on any atom is 0.262 e. The molecule has 1 aromatic heterocycles. The van der Waals surface area contributed by atoms with Crippen molar-refractivity contribution in [1.82, 2.24) is 5.32 Å². The van der Waals surface area contributed by atoms with Crippen LogP contribution in [0.4, 0.5) is 5.69 Å². The summed E-state index contributed by atoms with van der Waals surface area (Å²) in [5.74, 6) is -1.28. The van der Waals surface area contributed by atoms with Gasteiger partial charge in [0.05, 0.1) is 19.3 Å². The number of carbonyl (C=O) groups excluding carboxylic acids is 1. The van der Waals surface area contributed by atoms with Crippen molar-refractivity contribution in [2.24, 2.45) is 5.92 Å². The second-order valence-electron chi connectivity index (χ2n) is 10.2. The first kappa shape index (κ1) is 28.2. The monoisotopic (exact) mass is 563 g/mol. The Morgan fingerprint density at radius 3 is 2.55 bits per heavy atom. The molecule has 2 aliphatic rings. The molecule has 210 valence electrons. The minimum absolute atomic E-state index is 0.0534. The fraction of sp³-hybridized carbons (Fsp3) is 0.400. The largest absolute Gasteiger partial charge is 0.390 e. The number of morpholine rings is 1. The number of hydrogen-bond donors (Lipinski definition) is 4. The lowest BCUT2D eigenvalue weighted by Crippen LogP contribution is -2.56. The van der Waals surface area contributed by atoms with Crippen molar-refractivity contribution in [1.29, 1.82) is 5.26 Å². The first-order valence-corrected chi connectivity index (χ1v) is 14.1. The molecule has 9 nitrogen and oxygen atoms in total. The molecule has 0 saturated carbocycles. The highest BCUT2D eigenvalue weighted by molar-refractivity contribution is 7.16. The summed E-state index contributed by atoms with van der Waals surface area (Å²) in [5.41, 5.74) is 2.72. The summed E-state index contributed by atoms with van der Waals surface area (Å²) in [6, 6.07) is 18.7. The quantitative estimate of drug-likeness (QED) is 0.266. The SMILES string of the molecule is C/C(=C(/C#N)C(=O)NC[C@H]1OC(O)[C@H](C)[C@@H](O)[C@@H]1O)c1ccc(-c2ccc3cc(N4CCOCC4)ccc3c2)s1. The normalized spacial score (nSPS) is 25.8. The highest BCUT2D eigenvalue weighted by atomic mass is 32.1. The fourth-order valence-corrected chi connectivity index (χ4v) is 6.07. The standard InChI is InChI=1S/C30H33N3O6S/c1-17(23(15-31)29(36)32-16-24-28(35)27(34)18(2)30(37)39-24)25-7-8-26(40-25)21-4-3-20-14-22(6-5-19(20)13-21)33-9-11-38-12-10-33/h3-8,13-14,18,24,27-28,30,34-35,37H,9-12,16H2,1-2H3,(H,32,36)/b23-17+/t18-,24-,27-,28-,30?/m1/s1. The zero-order valence-corrected chi connectivity index (χ0v) is 23.2. The smallest absolute Gasteiger partial charge is 0.262 e. The predicted octanol–water partition coefficient (Wildman–Crippen LogP) is 2.89. The van der Waals surface area contributed by atoms with Gasteiger partial charge in [-0.2, -0.15) is 5.26 Å². The van der Waals surface area contributed by atoms with E-state index in [-0.39, 0.29) is 12.1 Å². The van der Waals surface area contributed by atoms with E-state index in [1.54, 1.807) is 13.8 Å². The van der Waals surface area contributed by atoms with Crippen molar-refractivity contribution in [3.8, 4) is 16.5 Å². The Morgan fingerprint density at radius 2 is 1.80 bits per heavy atom. The van der Waals surface area contributed by atoms with Gasteiger partial charge >= 0.3 is 0 Å². The van der Waals surface area contributed by atoms with Crippen molar-refractivity contribution in [3.05, 3.63) is 59.0 Å². The van der Waals surface area contributed by atoms with E-state index in [0.717, 1.165) is 52.4 Å². The molecule has 2 saturated heterocycles. The van der Waals surface area contributed by atoms with Gasteiger partial charge < -0.3 is 35.0 Å². The van der Waals surface area contributed by atoms with Gasteiger partial charge in [-0.25, -0.2) is 0 Å². The summed E-state index contributed by atoms with van der Waals surface area (Å²) in [4.78, 5) is 17.0. The van der Waals surface area contributed by atoms with E-state index in [4.69, 9.17) is 9.47 Å². The van der Waals surface area contributed by atoms with Gasteiger partial charge in [0.2, 0.25) is 0 Å². The lowest BCUT2D eigenvalue weighted by Gasteiger charge is -2.39. The third-order valence-corrected chi connectivity index (χ3v) is 8.93. The first-order chi connectivity index (χ1) is 19.3.